The number of benzene rings is 3. The number of ether oxygens (including phenoxy) is 2. The standard InChI is InChI=1S/C25H24N4O3S/c1-3-32-22-13-9-20(10-14-22)29-24(18-7-11-21(31-2)12-8-18)27-28-25(29)33-16-17-5-4-6-19(15-17)23(26)30/h4-15H,3,16H2,1-2H3,(H2,26,30). The quantitative estimate of drug-likeness (QED) is 0.363. The van der Waals surface area contributed by atoms with E-state index in [1.165, 1.54) is 11.8 Å². The monoisotopic (exact) mass is 460 g/mol. The fourth-order valence-electron chi connectivity index (χ4n) is 3.34. The van der Waals surface area contributed by atoms with Gasteiger partial charge in [0.2, 0.25) is 5.91 Å². The van der Waals surface area contributed by atoms with Crippen LogP contribution in [0.1, 0.15) is 22.8 Å². The first-order chi connectivity index (χ1) is 16.1. The Kier molecular flexibility index (Phi) is 6.95. The Labute approximate surface area is 196 Å². The van der Waals surface area contributed by atoms with E-state index in [0.717, 1.165) is 39.3 Å². The Hall–Kier alpha value is -3.78. The van der Waals surface area contributed by atoms with Gasteiger partial charge in [0, 0.05) is 22.6 Å². The second-order valence-corrected chi connectivity index (χ2v) is 8.09. The molecule has 3 aromatic carbocycles. The van der Waals surface area contributed by atoms with Crippen molar-refractivity contribution in [3.05, 3.63) is 83.9 Å². The zero-order chi connectivity index (χ0) is 23.2. The molecule has 0 aliphatic rings. The molecule has 0 spiro atoms. The Morgan fingerprint density at radius 3 is 2.39 bits per heavy atom. The summed E-state index contributed by atoms with van der Waals surface area (Å²) in [7, 11) is 1.64. The summed E-state index contributed by atoms with van der Waals surface area (Å²) < 4.78 is 12.9. The van der Waals surface area contributed by atoms with Crippen molar-refractivity contribution in [1.29, 1.82) is 0 Å². The van der Waals surface area contributed by atoms with Gasteiger partial charge in [-0.05, 0) is 73.2 Å². The van der Waals surface area contributed by atoms with Crippen LogP contribution in [-0.4, -0.2) is 34.4 Å². The van der Waals surface area contributed by atoms with E-state index in [1.54, 1.807) is 19.2 Å². The number of nitrogens with zero attached hydrogens (tertiary/aromatic N) is 3. The zero-order valence-electron chi connectivity index (χ0n) is 18.4. The van der Waals surface area contributed by atoms with E-state index in [4.69, 9.17) is 15.2 Å². The topological polar surface area (TPSA) is 92.3 Å². The smallest absolute Gasteiger partial charge is 0.248 e. The highest BCUT2D eigenvalue weighted by atomic mass is 32.2. The highest BCUT2D eigenvalue weighted by molar-refractivity contribution is 7.98. The summed E-state index contributed by atoms with van der Waals surface area (Å²) in [6.07, 6.45) is 0. The van der Waals surface area contributed by atoms with Crippen LogP contribution in [0, 0.1) is 0 Å². The zero-order valence-corrected chi connectivity index (χ0v) is 19.2. The van der Waals surface area contributed by atoms with Crippen LogP contribution in [0.2, 0.25) is 0 Å². The average Bonchev–Trinajstić information content (AvgIpc) is 3.27. The fraction of sp³-hybridized carbons (Fsp3) is 0.160. The minimum Gasteiger partial charge on any atom is -0.497 e. The van der Waals surface area contributed by atoms with E-state index >= 15 is 0 Å². The molecule has 0 bridgehead atoms. The molecule has 0 atom stereocenters. The van der Waals surface area contributed by atoms with E-state index in [0.29, 0.717) is 17.9 Å². The maximum Gasteiger partial charge on any atom is 0.248 e. The molecule has 1 aromatic heterocycles. The predicted molar refractivity (Wildman–Crippen MR) is 129 cm³/mol. The number of nitrogens with two attached hydrogens (primary N) is 1. The van der Waals surface area contributed by atoms with Gasteiger partial charge in [0.05, 0.1) is 13.7 Å². The molecule has 4 aromatic rings. The van der Waals surface area contributed by atoms with Crippen LogP contribution in [-0.2, 0) is 5.75 Å². The van der Waals surface area contributed by atoms with Gasteiger partial charge in [0.25, 0.3) is 0 Å². The van der Waals surface area contributed by atoms with Gasteiger partial charge in [-0.15, -0.1) is 10.2 Å². The van der Waals surface area contributed by atoms with Crippen molar-refractivity contribution in [3.63, 3.8) is 0 Å². The number of carbonyl (C=O) groups is 1. The van der Waals surface area contributed by atoms with Crippen molar-refractivity contribution in [2.75, 3.05) is 13.7 Å². The molecule has 7 nitrogen and oxygen atoms in total. The summed E-state index contributed by atoms with van der Waals surface area (Å²) >= 11 is 1.53. The molecule has 0 unspecified atom stereocenters. The lowest BCUT2D eigenvalue weighted by atomic mass is 10.1. The highest BCUT2D eigenvalue weighted by Crippen LogP contribution is 2.31. The Bertz CT molecular complexity index is 1240. The lowest BCUT2D eigenvalue weighted by Gasteiger charge is -2.12. The van der Waals surface area contributed by atoms with Gasteiger partial charge >= 0.3 is 0 Å². The summed E-state index contributed by atoms with van der Waals surface area (Å²) in [4.78, 5) is 11.5. The van der Waals surface area contributed by atoms with Crippen LogP contribution >= 0.6 is 11.8 Å². The van der Waals surface area contributed by atoms with Crippen LogP contribution in [0.3, 0.4) is 0 Å². The normalized spacial score (nSPS) is 10.7. The Balaban J connectivity index is 1.69. The lowest BCUT2D eigenvalue weighted by molar-refractivity contribution is 0.1000. The maximum absolute atomic E-state index is 11.5. The summed E-state index contributed by atoms with van der Waals surface area (Å²) in [6, 6.07) is 22.8. The summed E-state index contributed by atoms with van der Waals surface area (Å²) in [6.45, 7) is 2.56. The van der Waals surface area contributed by atoms with Gasteiger partial charge in [-0.3, -0.25) is 9.36 Å². The molecule has 0 aliphatic carbocycles. The number of primary amides is 1. The largest absolute Gasteiger partial charge is 0.497 e. The van der Waals surface area contributed by atoms with Gasteiger partial charge in [0.15, 0.2) is 11.0 Å². The second kappa shape index (κ2) is 10.2. The first-order valence-corrected chi connectivity index (χ1v) is 11.4. The van der Waals surface area contributed by atoms with Crippen molar-refractivity contribution >= 4 is 17.7 Å². The van der Waals surface area contributed by atoms with Gasteiger partial charge in [-0.25, -0.2) is 0 Å². The van der Waals surface area contributed by atoms with E-state index in [9.17, 15) is 4.79 Å². The van der Waals surface area contributed by atoms with E-state index < -0.39 is 5.91 Å². The molecule has 0 radical (unpaired) electrons. The van der Waals surface area contributed by atoms with Crippen molar-refractivity contribution in [2.45, 2.75) is 17.8 Å². The molecule has 0 fully saturated rings. The summed E-state index contributed by atoms with van der Waals surface area (Å²) in [5, 5.41) is 9.68. The van der Waals surface area contributed by atoms with Crippen LogP contribution in [0.15, 0.2) is 78.0 Å². The number of aromatic nitrogens is 3. The first kappa shape index (κ1) is 22.4. The maximum atomic E-state index is 11.5. The molecule has 33 heavy (non-hydrogen) atoms. The second-order valence-electron chi connectivity index (χ2n) is 7.15. The number of methoxy groups -OCH3 is 1. The molecule has 2 N–H and O–H groups in total. The third-order valence-corrected chi connectivity index (χ3v) is 5.97. The summed E-state index contributed by atoms with van der Waals surface area (Å²) in [5.74, 6) is 2.46. The lowest BCUT2D eigenvalue weighted by Crippen LogP contribution is -2.10. The highest BCUT2D eigenvalue weighted by Gasteiger charge is 2.17. The third-order valence-electron chi connectivity index (χ3n) is 4.97. The predicted octanol–water partition coefficient (Wildman–Crippen LogP) is 4.73. The molecular weight excluding hydrogens is 436 g/mol. The third kappa shape index (κ3) is 5.18. The van der Waals surface area contributed by atoms with Crippen LogP contribution in [0.4, 0.5) is 0 Å². The number of hydrogen-bond acceptors (Lipinski definition) is 6. The van der Waals surface area contributed by atoms with Gasteiger partial charge in [-0.1, -0.05) is 23.9 Å². The van der Waals surface area contributed by atoms with Gasteiger partial charge in [-0.2, -0.15) is 0 Å². The van der Waals surface area contributed by atoms with Crippen molar-refractivity contribution in [2.24, 2.45) is 5.73 Å². The molecule has 4 rings (SSSR count). The van der Waals surface area contributed by atoms with E-state index in [2.05, 4.69) is 10.2 Å². The number of carbonyl (C=O) groups excluding carboxylic acids is 1. The molecular formula is C25H24N4O3S. The number of hydrogen-bond donors (Lipinski definition) is 1. The SMILES string of the molecule is CCOc1ccc(-n2c(SCc3cccc(C(N)=O)c3)nnc2-c2ccc(OC)cc2)cc1. The fourth-order valence-corrected chi connectivity index (χ4v) is 4.24. The van der Waals surface area contributed by atoms with E-state index in [1.807, 2.05) is 72.2 Å². The van der Waals surface area contributed by atoms with Crippen LogP contribution in [0.25, 0.3) is 17.1 Å². The first-order valence-electron chi connectivity index (χ1n) is 10.4. The Morgan fingerprint density at radius 1 is 1.00 bits per heavy atom. The van der Waals surface area contributed by atoms with Crippen molar-refractivity contribution < 1.29 is 14.3 Å². The molecule has 1 amide bonds. The molecule has 168 valence electrons. The number of thioether (sulfide) groups is 1. The van der Waals surface area contributed by atoms with Crippen LogP contribution in [0.5, 0.6) is 11.5 Å². The average molecular weight is 461 g/mol. The van der Waals surface area contributed by atoms with Crippen molar-refractivity contribution in [1.82, 2.24) is 14.8 Å². The molecule has 8 heteroatoms. The van der Waals surface area contributed by atoms with Gasteiger partial charge < -0.3 is 15.2 Å². The van der Waals surface area contributed by atoms with Crippen molar-refractivity contribution in [3.8, 4) is 28.6 Å². The molecule has 1 heterocycles. The molecule has 0 saturated carbocycles. The molecule has 0 aliphatic heterocycles. The van der Waals surface area contributed by atoms with E-state index in [-0.39, 0.29) is 0 Å². The molecule has 0 saturated heterocycles. The van der Waals surface area contributed by atoms with Crippen LogP contribution < -0.4 is 15.2 Å². The summed E-state index contributed by atoms with van der Waals surface area (Å²) in [5.41, 5.74) is 8.72. The number of rotatable bonds is 9. The van der Waals surface area contributed by atoms with Gasteiger partial charge in [0.1, 0.15) is 11.5 Å². The minimum absolute atomic E-state index is 0.443. The Morgan fingerprint density at radius 2 is 1.73 bits per heavy atom. The number of amides is 1. The minimum atomic E-state index is -0.443.